The number of carbonyl (C=O) groups is 1. The van der Waals surface area contributed by atoms with Gasteiger partial charge in [0.1, 0.15) is 0 Å². The molecule has 88 valence electrons. The Hall–Kier alpha value is -0.570. The highest BCUT2D eigenvalue weighted by atomic mass is 16.2. The van der Waals surface area contributed by atoms with E-state index in [1.54, 1.807) is 0 Å². The Morgan fingerprint density at radius 1 is 1.33 bits per heavy atom. The smallest absolute Gasteiger partial charge is 0.228 e. The normalized spacial score (nSPS) is 31.9. The highest BCUT2D eigenvalue weighted by molar-refractivity contribution is 5.85. The molecule has 0 aromatic carbocycles. The second kappa shape index (κ2) is 4.52. The minimum atomic E-state index is 0.0261. The van der Waals surface area contributed by atoms with Crippen molar-refractivity contribution in [2.75, 3.05) is 13.7 Å². The maximum Gasteiger partial charge on any atom is 0.228 e. The van der Waals surface area contributed by atoms with E-state index in [1.807, 2.05) is 0 Å². The Balaban J connectivity index is 0.000000531. The fourth-order valence-electron chi connectivity index (χ4n) is 2.33. The molecule has 0 aromatic rings. The van der Waals surface area contributed by atoms with Crippen LogP contribution in [0.3, 0.4) is 0 Å². The molecule has 0 aromatic heterocycles. The molecule has 1 amide bonds. The highest BCUT2D eigenvalue weighted by Crippen LogP contribution is 2.47. The first kappa shape index (κ1) is 12.5. The molecule has 1 saturated heterocycles. The number of aliphatic hydroxyl groups excluding tert-OH is 1. The third-order valence-electron chi connectivity index (χ3n) is 3.56. The van der Waals surface area contributed by atoms with Gasteiger partial charge in [0.2, 0.25) is 5.91 Å². The summed E-state index contributed by atoms with van der Waals surface area (Å²) >= 11 is 0. The van der Waals surface area contributed by atoms with Gasteiger partial charge in [0.25, 0.3) is 0 Å². The van der Waals surface area contributed by atoms with Crippen LogP contribution in [-0.4, -0.2) is 35.6 Å². The zero-order valence-corrected chi connectivity index (χ0v) is 10.3. The van der Waals surface area contributed by atoms with Crippen molar-refractivity contribution < 1.29 is 9.90 Å². The molecule has 2 aliphatic rings. The van der Waals surface area contributed by atoms with Crippen LogP contribution in [0.15, 0.2) is 0 Å². The first-order valence-corrected chi connectivity index (χ1v) is 5.79. The molecule has 0 radical (unpaired) electrons. The van der Waals surface area contributed by atoms with Crippen LogP contribution in [0.5, 0.6) is 0 Å². The lowest BCUT2D eigenvalue weighted by Crippen LogP contribution is -2.38. The highest BCUT2D eigenvalue weighted by Gasteiger charge is 2.49. The van der Waals surface area contributed by atoms with E-state index < -0.39 is 0 Å². The Morgan fingerprint density at radius 2 is 1.87 bits per heavy atom. The standard InChI is InChI=1S/C11H19NO.CH4O/c1-8-6-9(2)12(7-8)10(13)11(3)4-5-11;1-2/h8-9H,4-7H2,1-3H3;2H,1H3. The predicted octanol–water partition coefficient (Wildman–Crippen LogP) is 1.65. The van der Waals surface area contributed by atoms with Gasteiger partial charge in [0.15, 0.2) is 0 Å². The number of likely N-dealkylation sites (tertiary alicyclic amines) is 1. The van der Waals surface area contributed by atoms with Gasteiger partial charge in [-0.05, 0) is 32.1 Å². The van der Waals surface area contributed by atoms with E-state index in [9.17, 15) is 4.79 Å². The van der Waals surface area contributed by atoms with E-state index in [4.69, 9.17) is 5.11 Å². The summed E-state index contributed by atoms with van der Waals surface area (Å²) in [5.41, 5.74) is 0.0261. The van der Waals surface area contributed by atoms with Crippen LogP contribution in [0.25, 0.3) is 0 Å². The average Bonchev–Trinajstić information content (AvgIpc) is 2.87. The molecule has 3 nitrogen and oxygen atoms in total. The van der Waals surface area contributed by atoms with Crippen molar-refractivity contribution in [3.05, 3.63) is 0 Å². The van der Waals surface area contributed by atoms with Gasteiger partial charge in [-0.3, -0.25) is 4.79 Å². The summed E-state index contributed by atoms with van der Waals surface area (Å²) in [7, 11) is 1.00. The number of hydrogen-bond donors (Lipinski definition) is 1. The molecule has 1 aliphatic heterocycles. The molecular weight excluding hydrogens is 190 g/mol. The molecule has 2 rings (SSSR count). The van der Waals surface area contributed by atoms with Crippen LogP contribution in [-0.2, 0) is 4.79 Å². The van der Waals surface area contributed by atoms with Crippen LogP contribution >= 0.6 is 0 Å². The lowest BCUT2D eigenvalue weighted by Gasteiger charge is -2.24. The number of nitrogens with zero attached hydrogens (tertiary/aromatic N) is 1. The molecule has 1 heterocycles. The second-order valence-electron chi connectivity index (χ2n) is 5.21. The number of carbonyl (C=O) groups excluding carboxylic acids is 1. The van der Waals surface area contributed by atoms with Gasteiger partial charge in [-0.2, -0.15) is 0 Å². The first-order chi connectivity index (χ1) is 7.03. The molecular formula is C12H23NO2. The quantitative estimate of drug-likeness (QED) is 0.719. The molecule has 1 N–H and O–H groups in total. The number of amides is 1. The third-order valence-corrected chi connectivity index (χ3v) is 3.56. The maximum atomic E-state index is 12.0. The zero-order valence-electron chi connectivity index (χ0n) is 10.3. The van der Waals surface area contributed by atoms with E-state index in [0.29, 0.717) is 17.9 Å². The first-order valence-electron chi connectivity index (χ1n) is 5.79. The SMILES string of the molecule is CC1CC(C)N(C(=O)C2(C)CC2)C1.CO. The van der Waals surface area contributed by atoms with Crippen molar-refractivity contribution in [1.29, 1.82) is 0 Å². The van der Waals surface area contributed by atoms with Gasteiger partial charge in [0.05, 0.1) is 0 Å². The van der Waals surface area contributed by atoms with E-state index >= 15 is 0 Å². The lowest BCUT2D eigenvalue weighted by molar-refractivity contribution is -0.137. The maximum absolute atomic E-state index is 12.0. The summed E-state index contributed by atoms with van der Waals surface area (Å²) < 4.78 is 0. The molecule has 3 heteroatoms. The summed E-state index contributed by atoms with van der Waals surface area (Å²) in [6, 6.07) is 0.472. The van der Waals surface area contributed by atoms with Gasteiger partial charge < -0.3 is 10.0 Å². The Morgan fingerprint density at radius 3 is 2.20 bits per heavy atom. The van der Waals surface area contributed by atoms with Gasteiger partial charge >= 0.3 is 0 Å². The van der Waals surface area contributed by atoms with Gasteiger partial charge in [-0.1, -0.05) is 13.8 Å². The van der Waals surface area contributed by atoms with Crippen LogP contribution in [0.1, 0.15) is 40.0 Å². The van der Waals surface area contributed by atoms with E-state index in [2.05, 4.69) is 25.7 Å². The van der Waals surface area contributed by atoms with Gasteiger partial charge in [0, 0.05) is 25.1 Å². The summed E-state index contributed by atoms with van der Waals surface area (Å²) in [4.78, 5) is 14.1. The second-order valence-corrected chi connectivity index (χ2v) is 5.21. The fourth-order valence-corrected chi connectivity index (χ4v) is 2.33. The Bertz CT molecular complexity index is 236. The van der Waals surface area contributed by atoms with E-state index in [0.717, 1.165) is 26.5 Å². The van der Waals surface area contributed by atoms with Crippen LogP contribution in [0.2, 0.25) is 0 Å². The minimum Gasteiger partial charge on any atom is -0.400 e. The monoisotopic (exact) mass is 213 g/mol. The van der Waals surface area contributed by atoms with Gasteiger partial charge in [-0.25, -0.2) is 0 Å². The summed E-state index contributed by atoms with van der Waals surface area (Å²) in [5.74, 6) is 1.10. The molecule has 0 bridgehead atoms. The summed E-state index contributed by atoms with van der Waals surface area (Å²) in [5, 5.41) is 7.00. The van der Waals surface area contributed by atoms with Crippen molar-refractivity contribution in [2.45, 2.75) is 46.1 Å². The van der Waals surface area contributed by atoms with Crippen LogP contribution in [0.4, 0.5) is 0 Å². The summed E-state index contributed by atoms with van der Waals surface area (Å²) in [6.07, 6.45) is 3.38. The number of hydrogen-bond acceptors (Lipinski definition) is 2. The average molecular weight is 213 g/mol. The number of rotatable bonds is 1. The van der Waals surface area contributed by atoms with Crippen molar-refractivity contribution in [2.24, 2.45) is 11.3 Å². The molecule has 2 atom stereocenters. The van der Waals surface area contributed by atoms with E-state index in [1.165, 1.54) is 6.42 Å². The van der Waals surface area contributed by atoms with Gasteiger partial charge in [-0.15, -0.1) is 0 Å². The van der Waals surface area contributed by atoms with Crippen LogP contribution in [0, 0.1) is 11.3 Å². The number of aliphatic hydroxyl groups is 1. The Kier molecular flexibility index (Phi) is 3.77. The van der Waals surface area contributed by atoms with Crippen molar-refractivity contribution in [3.8, 4) is 0 Å². The van der Waals surface area contributed by atoms with E-state index in [-0.39, 0.29) is 5.41 Å². The third kappa shape index (κ3) is 2.51. The fraction of sp³-hybridized carbons (Fsp3) is 0.917. The predicted molar refractivity (Wildman–Crippen MR) is 60.4 cm³/mol. The molecule has 2 fully saturated rings. The minimum absolute atomic E-state index is 0.0261. The topological polar surface area (TPSA) is 40.5 Å². The largest absolute Gasteiger partial charge is 0.400 e. The molecule has 0 spiro atoms. The Labute approximate surface area is 92.5 Å². The molecule has 2 unspecified atom stereocenters. The van der Waals surface area contributed by atoms with Crippen LogP contribution < -0.4 is 0 Å². The van der Waals surface area contributed by atoms with Crippen molar-refractivity contribution >= 4 is 5.91 Å². The zero-order chi connectivity index (χ0) is 11.6. The molecule has 1 saturated carbocycles. The lowest BCUT2D eigenvalue weighted by atomic mass is 10.1. The molecule has 1 aliphatic carbocycles. The molecule has 15 heavy (non-hydrogen) atoms. The summed E-state index contributed by atoms with van der Waals surface area (Å²) in [6.45, 7) is 7.49. The van der Waals surface area contributed by atoms with Crippen molar-refractivity contribution in [3.63, 3.8) is 0 Å². The van der Waals surface area contributed by atoms with Crippen molar-refractivity contribution in [1.82, 2.24) is 4.90 Å².